The van der Waals surface area contributed by atoms with Crippen LogP contribution in [0.4, 0.5) is 0 Å². The van der Waals surface area contributed by atoms with E-state index in [1.54, 1.807) is 18.2 Å². The summed E-state index contributed by atoms with van der Waals surface area (Å²) in [7, 11) is 0. The van der Waals surface area contributed by atoms with Gasteiger partial charge < -0.3 is 11.1 Å². The van der Waals surface area contributed by atoms with Gasteiger partial charge in [-0.15, -0.1) is 12.4 Å². The normalized spacial score (nSPS) is 13.6. The largest absolute Gasteiger partial charge is 0.346 e. The average molecular weight is 340 g/mol. The minimum absolute atomic E-state index is 0. The third kappa shape index (κ3) is 5.49. The van der Waals surface area contributed by atoms with Crippen molar-refractivity contribution < 1.29 is 4.79 Å². The first-order valence-corrected chi connectivity index (χ1v) is 7.00. The van der Waals surface area contributed by atoms with Crippen molar-refractivity contribution in [3.05, 3.63) is 33.8 Å². The van der Waals surface area contributed by atoms with Gasteiger partial charge >= 0.3 is 0 Å². The second-order valence-corrected chi connectivity index (χ2v) is 6.28. The topological polar surface area (TPSA) is 55.1 Å². The summed E-state index contributed by atoms with van der Waals surface area (Å²) in [6.45, 7) is 6.48. The van der Waals surface area contributed by atoms with Gasteiger partial charge in [-0.1, -0.05) is 37.0 Å². The third-order valence-electron chi connectivity index (χ3n) is 2.90. The fraction of sp³-hybridized carbons (Fsp3) is 0.500. The molecule has 0 aliphatic carbocycles. The Hall–Kier alpha value is -0.480. The van der Waals surface area contributed by atoms with Crippen LogP contribution >= 0.6 is 35.6 Å². The highest BCUT2D eigenvalue weighted by Gasteiger charge is 2.27. The minimum Gasteiger partial charge on any atom is -0.346 e. The van der Waals surface area contributed by atoms with E-state index in [2.05, 4.69) is 19.2 Å². The standard InChI is InChI=1S/C14H20Cl2N2O.ClH/c1-9(2)7-14(3,8-17)18-13(19)11-6-10(15)4-5-12(11)16;/h4-6,9H,7-8,17H2,1-3H3,(H,18,19);1H. The average Bonchev–Trinajstić information content (AvgIpc) is 2.31. The molecular formula is C14H21Cl3N2O. The van der Waals surface area contributed by atoms with Crippen LogP contribution in [0, 0.1) is 5.92 Å². The zero-order valence-corrected chi connectivity index (χ0v) is 14.2. The van der Waals surface area contributed by atoms with Crippen molar-refractivity contribution >= 4 is 41.5 Å². The van der Waals surface area contributed by atoms with Crippen LogP contribution in [0.15, 0.2) is 18.2 Å². The van der Waals surface area contributed by atoms with E-state index in [1.807, 2.05) is 6.92 Å². The Morgan fingerprint density at radius 1 is 1.40 bits per heavy atom. The summed E-state index contributed by atoms with van der Waals surface area (Å²) < 4.78 is 0. The molecule has 0 spiro atoms. The second kappa shape index (κ2) is 8.08. The molecular weight excluding hydrogens is 319 g/mol. The van der Waals surface area contributed by atoms with Gasteiger partial charge in [0.05, 0.1) is 10.6 Å². The predicted octanol–water partition coefficient (Wildman–Crippen LogP) is 3.91. The van der Waals surface area contributed by atoms with Crippen molar-refractivity contribution in [2.45, 2.75) is 32.7 Å². The highest BCUT2D eigenvalue weighted by atomic mass is 35.5. The van der Waals surface area contributed by atoms with Gasteiger partial charge in [-0.3, -0.25) is 4.79 Å². The summed E-state index contributed by atoms with van der Waals surface area (Å²) >= 11 is 11.9. The number of nitrogens with one attached hydrogen (secondary N) is 1. The number of hydrogen-bond acceptors (Lipinski definition) is 2. The molecule has 6 heteroatoms. The van der Waals surface area contributed by atoms with Gasteiger partial charge in [0.15, 0.2) is 0 Å². The third-order valence-corrected chi connectivity index (χ3v) is 3.46. The Bertz CT molecular complexity index is 466. The summed E-state index contributed by atoms with van der Waals surface area (Å²) in [5, 5.41) is 3.81. The van der Waals surface area contributed by atoms with Crippen molar-refractivity contribution in [2.75, 3.05) is 6.54 Å². The molecule has 0 saturated heterocycles. The van der Waals surface area contributed by atoms with E-state index in [0.717, 1.165) is 6.42 Å². The first-order chi connectivity index (χ1) is 8.77. The fourth-order valence-electron chi connectivity index (χ4n) is 2.10. The number of nitrogens with two attached hydrogens (primary N) is 1. The summed E-state index contributed by atoms with van der Waals surface area (Å²) in [5.74, 6) is 0.185. The van der Waals surface area contributed by atoms with Gasteiger partial charge in [-0.05, 0) is 37.5 Å². The maximum Gasteiger partial charge on any atom is 0.253 e. The Balaban J connectivity index is 0.00000361. The van der Waals surface area contributed by atoms with E-state index in [1.165, 1.54) is 0 Å². The van der Waals surface area contributed by atoms with Crippen molar-refractivity contribution in [1.82, 2.24) is 5.32 Å². The molecule has 0 saturated carbocycles. The lowest BCUT2D eigenvalue weighted by Gasteiger charge is -2.31. The van der Waals surface area contributed by atoms with Crippen LogP contribution in [0.25, 0.3) is 0 Å². The van der Waals surface area contributed by atoms with Gasteiger partial charge in [0.25, 0.3) is 5.91 Å². The van der Waals surface area contributed by atoms with Crippen LogP contribution in [0.3, 0.4) is 0 Å². The first-order valence-electron chi connectivity index (χ1n) is 6.25. The molecule has 20 heavy (non-hydrogen) atoms. The second-order valence-electron chi connectivity index (χ2n) is 5.44. The monoisotopic (exact) mass is 338 g/mol. The van der Waals surface area contributed by atoms with Crippen LogP contribution in [-0.2, 0) is 0 Å². The number of benzene rings is 1. The molecule has 0 aliphatic heterocycles. The van der Waals surface area contributed by atoms with Gasteiger partial charge in [0, 0.05) is 17.1 Å². The smallest absolute Gasteiger partial charge is 0.253 e. The summed E-state index contributed by atoms with van der Waals surface area (Å²) in [4.78, 5) is 12.3. The highest BCUT2D eigenvalue weighted by molar-refractivity contribution is 6.35. The van der Waals surface area contributed by atoms with Gasteiger partial charge in [0.2, 0.25) is 0 Å². The number of carbonyl (C=O) groups excluding carboxylic acids is 1. The fourth-order valence-corrected chi connectivity index (χ4v) is 2.47. The van der Waals surface area contributed by atoms with Crippen molar-refractivity contribution in [1.29, 1.82) is 0 Å². The molecule has 1 unspecified atom stereocenters. The molecule has 1 atom stereocenters. The molecule has 0 radical (unpaired) electrons. The van der Waals surface area contributed by atoms with Crippen molar-refractivity contribution in [3.63, 3.8) is 0 Å². The number of rotatable bonds is 5. The Labute approximate surface area is 136 Å². The molecule has 1 aromatic carbocycles. The molecule has 3 nitrogen and oxygen atoms in total. The van der Waals surface area contributed by atoms with E-state index in [9.17, 15) is 4.79 Å². The quantitative estimate of drug-likeness (QED) is 0.854. The van der Waals surface area contributed by atoms with Gasteiger partial charge in [-0.25, -0.2) is 0 Å². The lowest BCUT2D eigenvalue weighted by molar-refractivity contribution is 0.0898. The maximum atomic E-state index is 12.3. The SMILES string of the molecule is CC(C)CC(C)(CN)NC(=O)c1cc(Cl)ccc1Cl.Cl. The first kappa shape index (κ1) is 19.5. The molecule has 0 bridgehead atoms. The molecule has 1 rings (SSSR count). The Morgan fingerprint density at radius 2 is 2.00 bits per heavy atom. The maximum absolute atomic E-state index is 12.3. The Kier molecular flexibility index (Phi) is 7.89. The van der Waals surface area contributed by atoms with Gasteiger partial charge in [0.1, 0.15) is 0 Å². The molecule has 0 aromatic heterocycles. The molecule has 114 valence electrons. The van der Waals surface area contributed by atoms with Crippen molar-refractivity contribution in [3.8, 4) is 0 Å². The lowest BCUT2D eigenvalue weighted by Crippen LogP contribution is -2.52. The van der Waals surface area contributed by atoms with Crippen LogP contribution in [0.5, 0.6) is 0 Å². The predicted molar refractivity (Wildman–Crippen MR) is 88.1 cm³/mol. The molecule has 1 amide bonds. The zero-order valence-electron chi connectivity index (χ0n) is 11.9. The van der Waals surface area contributed by atoms with Crippen LogP contribution in [0.2, 0.25) is 10.0 Å². The Morgan fingerprint density at radius 3 is 2.50 bits per heavy atom. The van der Waals surface area contributed by atoms with E-state index in [4.69, 9.17) is 28.9 Å². The van der Waals surface area contributed by atoms with E-state index in [-0.39, 0.29) is 18.3 Å². The number of hydrogen-bond donors (Lipinski definition) is 2. The summed E-state index contributed by atoms with van der Waals surface area (Å²) in [5.41, 5.74) is 5.70. The summed E-state index contributed by atoms with van der Waals surface area (Å²) in [6, 6.07) is 4.82. The highest BCUT2D eigenvalue weighted by Crippen LogP contribution is 2.22. The van der Waals surface area contributed by atoms with Crippen LogP contribution in [-0.4, -0.2) is 18.0 Å². The van der Waals surface area contributed by atoms with E-state index in [0.29, 0.717) is 28.1 Å². The molecule has 0 fully saturated rings. The number of halogens is 3. The molecule has 1 aromatic rings. The van der Waals surface area contributed by atoms with Gasteiger partial charge in [-0.2, -0.15) is 0 Å². The summed E-state index contributed by atoms with van der Waals surface area (Å²) in [6.07, 6.45) is 0.799. The van der Waals surface area contributed by atoms with E-state index >= 15 is 0 Å². The molecule has 3 N–H and O–H groups in total. The number of carbonyl (C=O) groups is 1. The lowest BCUT2D eigenvalue weighted by atomic mass is 9.90. The zero-order chi connectivity index (χ0) is 14.6. The number of amides is 1. The molecule has 0 aliphatic rings. The molecule has 0 heterocycles. The van der Waals surface area contributed by atoms with Crippen LogP contribution < -0.4 is 11.1 Å². The van der Waals surface area contributed by atoms with Crippen molar-refractivity contribution in [2.24, 2.45) is 11.7 Å². The minimum atomic E-state index is -0.448. The van der Waals surface area contributed by atoms with Crippen LogP contribution in [0.1, 0.15) is 37.6 Å². The van der Waals surface area contributed by atoms with E-state index < -0.39 is 5.54 Å².